The van der Waals surface area contributed by atoms with Crippen molar-refractivity contribution in [2.24, 2.45) is 7.05 Å². The number of hydrogen-bond acceptors (Lipinski definition) is 8. The minimum absolute atomic E-state index is 0.0704. The van der Waals surface area contributed by atoms with Gasteiger partial charge in [-0.25, -0.2) is 14.8 Å². The van der Waals surface area contributed by atoms with Gasteiger partial charge in [0.05, 0.1) is 28.0 Å². The van der Waals surface area contributed by atoms with Gasteiger partial charge < -0.3 is 10.0 Å². The molecule has 0 saturated carbocycles. The Hall–Kier alpha value is -5.08. The Morgan fingerprint density at radius 1 is 1.07 bits per heavy atom. The molecule has 10 nitrogen and oxygen atoms in total. The first-order valence-corrected chi connectivity index (χ1v) is 13.4. The topological polar surface area (TPSA) is 137 Å². The van der Waals surface area contributed by atoms with E-state index in [9.17, 15) is 20.0 Å². The number of amides is 1. The summed E-state index contributed by atoms with van der Waals surface area (Å²) < 4.78 is 2.65. The number of carbonyl (C=O) groups is 2. The quantitative estimate of drug-likeness (QED) is 0.319. The van der Waals surface area contributed by atoms with Crippen LogP contribution in [0.15, 0.2) is 54.7 Å². The van der Waals surface area contributed by atoms with E-state index < -0.39 is 5.97 Å². The van der Waals surface area contributed by atoms with E-state index in [1.807, 2.05) is 36.1 Å². The minimum atomic E-state index is -1.14. The molecule has 5 aromatic rings. The molecule has 0 saturated heterocycles. The zero-order chi connectivity index (χ0) is 28.0. The van der Waals surface area contributed by atoms with E-state index in [1.54, 1.807) is 42.2 Å². The van der Waals surface area contributed by atoms with Crippen LogP contribution < -0.4 is 10.2 Å². The van der Waals surface area contributed by atoms with Crippen LogP contribution in [0.25, 0.3) is 21.3 Å². The number of nitrogens with zero attached hydrogens (tertiary/aromatic N) is 6. The summed E-state index contributed by atoms with van der Waals surface area (Å²) in [5.74, 6) is -0.975. The van der Waals surface area contributed by atoms with Crippen LogP contribution >= 0.6 is 11.3 Å². The standard InChI is InChI=1S/C29H23N7O3S/c1-16-21(14-31-35(16)2)19-9-10-25(33-26(19)28(38)39)36-12-11-18-17(13-30)7-8-20(22(18)15-36)27(37)34-29-32-23-5-3-4-6-24(23)40-29/h3-10,14H,11-12,15H2,1-2H3,(H,38,39)(H,32,34,37). The first-order valence-electron chi connectivity index (χ1n) is 12.5. The summed E-state index contributed by atoms with van der Waals surface area (Å²) in [6, 6.07) is 16.8. The second-order valence-electron chi connectivity index (χ2n) is 9.48. The number of anilines is 2. The minimum Gasteiger partial charge on any atom is -0.476 e. The molecule has 0 aliphatic carbocycles. The van der Waals surface area contributed by atoms with Gasteiger partial charge in [-0.1, -0.05) is 23.5 Å². The Morgan fingerprint density at radius 2 is 1.90 bits per heavy atom. The fraction of sp³-hybridized carbons (Fsp3) is 0.172. The molecule has 2 N–H and O–H groups in total. The average molecular weight is 550 g/mol. The number of para-hydroxylation sites is 1. The van der Waals surface area contributed by atoms with E-state index in [0.717, 1.165) is 27.0 Å². The lowest BCUT2D eigenvalue weighted by molar-refractivity contribution is 0.0691. The van der Waals surface area contributed by atoms with E-state index in [2.05, 4.69) is 26.5 Å². The molecule has 0 radical (unpaired) electrons. The van der Waals surface area contributed by atoms with Crippen molar-refractivity contribution in [3.63, 3.8) is 0 Å². The van der Waals surface area contributed by atoms with Crippen LogP contribution in [-0.4, -0.2) is 43.3 Å². The first kappa shape index (κ1) is 25.2. The van der Waals surface area contributed by atoms with Crippen LogP contribution in [0.2, 0.25) is 0 Å². The average Bonchev–Trinajstić information content (AvgIpc) is 3.53. The number of nitrogens with one attached hydrogen (secondary N) is 1. The number of fused-ring (bicyclic) bond motifs is 2. The number of benzene rings is 2. The second kappa shape index (κ2) is 9.91. The van der Waals surface area contributed by atoms with Crippen LogP contribution in [0.4, 0.5) is 10.9 Å². The van der Waals surface area contributed by atoms with Crippen molar-refractivity contribution in [2.75, 3.05) is 16.8 Å². The fourth-order valence-corrected chi connectivity index (χ4v) is 5.91. The third-order valence-corrected chi connectivity index (χ3v) is 8.18. The van der Waals surface area contributed by atoms with Crippen molar-refractivity contribution in [2.45, 2.75) is 19.9 Å². The molecule has 0 bridgehead atoms. The Kier molecular flexibility index (Phi) is 6.24. The number of nitriles is 1. The summed E-state index contributed by atoms with van der Waals surface area (Å²) >= 11 is 1.39. The highest BCUT2D eigenvalue weighted by atomic mass is 32.1. The van der Waals surface area contributed by atoms with Crippen molar-refractivity contribution in [1.29, 1.82) is 5.26 Å². The van der Waals surface area contributed by atoms with Crippen molar-refractivity contribution in [3.8, 4) is 17.2 Å². The monoisotopic (exact) mass is 549 g/mol. The number of aromatic carboxylic acids is 1. The Balaban J connectivity index is 1.34. The van der Waals surface area contributed by atoms with E-state index >= 15 is 0 Å². The maximum Gasteiger partial charge on any atom is 0.355 e. The van der Waals surface area contributed by atoms with Gasteiger partial charge in [0.25, 0.3) is 5.91 Å². The maximum atomic E-state index is 13.4. The summed E-state index contributed by atoms with van der Waals surface area (Å²) in [6.07, 6.45) is 2.14. The maximum absolute atomic E-state index is 13.4. The molecule has 2 aromatic carbocycles. The van der Waals surface area contributed by atoms with E-state index in [-0.39, 0.29) is 11.6 Å². The third kappa shape index (κ3) is 4.34. The van der Waals surface area contributed by atoms with Gasteiger partial charge in [-0.05, 0) is 60.9 Å². The van der Waals surface area contributed by atoms with E-state index in [4.69, 9.17) is 0 Å². The fourth-order valence-electron chi connectivity index (χ4n) is 5.05. The number of pyridine rings is 1. The van der Waals surface area contributed by atoms with Gasteiger partial charge in [-0.2, -0.15) is 10.4 Å². The molecule has 11 heteroatoms. The predicted octanol–water partition coefficient (Wildman–Crippen LogP) is 4.79. The van der Waals surface area contributed by atoms with E-state index in [1.165, 1.54) is 11.3 Å². The summed E-state index contributed by atoms with van der Waals surface area (Å²) in [7, 11) is 1.80. The Bertz CT molecular complexity index is 1830. The van der Waals surface area contributed by atoms with Gasteiger partial charge in [0.15, 0.2) is 10.8 Å². The highest BCUT2D eigenvalue weighted by Crippen LogP contribution is 2.33. The van der Waals surface area contributed by atoms with Crippen molar-refractivity contribution < 1.29 is 14.7 Å². The lowest BCUT2D eigenvalue weighted by Gasteiger charge is -2.31. The number of carbonyl (C=O) groups excluding carboxylic acids is 1. The Morgan fingerprint density at radius 3 is 2.62 bits per heavy atom. The highest BCUT2D eigenvalue weighted by Gasteiger charge is 2.27. The summed E-state index contributed by atoms with van der Waals surface area (Å²) in [5.41, 5.74) is 5.26. The zero-order valence-corrected chi connectivity index (χ0v) is 22.5. The number of carboxylic acid groups (broad SMARTS) is 1. The molecule has 1 aliphatic rings. The second-order valence-corrected chi connectivity index (χ2v) is 10.5. The van der Waals surface area contributed by atoms with Crippen LogP contribution in [0.1, 0.15) is 43.2 Å². The highest BCUT2D eigenvalue weighted by molar-refractivity contribution is 7.22. The molecule has 0 unspecified atom stereocenters. The number of rotatable bonds is 5. The molecule has 198 valence electrons. The van der Waals surface area contributed by atoms with Crippen LogP contribution in [0, 0.1) is 18.3 Å². The summed E-state index contributed by atoms with van der Waals surface area (Å²) in [4.78, 5) is 36.6. The number of aromatic nitrogens is 4. The first-order chi connectivity index (χ1) is 19.3. The van der Waals surface area contributed by atoms with Crippen molar-refractivity contribution in [1.82, 2.24) is 19.7 Å². The molecule has 40 heavy (non-hydrogen) atoms. The third-order valence-electron chi connectivity index (χ3n) is 7.22. The van der Waals surface area contributed by atoms with Crippen molar-refractivity contribution in [3.05, 3.63) is 88.4 Å². The number of aryl methyl sites for hydroxylation is 1. The van der Waals surface area contributed by atoms with Gasteiger partial charge in [0, 0.05) is 42.5 Å². The molecule has 1 amide bonds. The van der Waals surface area contributed by atoms with Crippen molar-refractivity contribution >= 4 is 44.4 Å². The summed E-state index contributed by atoms with van der Waals surface area (Å²) in [5, 5.41) is 27.3. The molecule has 0 atom stereocenters. The molecular formula is C29H23N7O3S. The van der Waals surface area contributed by atoms with E-state index in [0.29, 0.717) is 52.7 Å². The molecule has 0 fully saturated rings. The summed E-state index contributed by atoms with van der Waals surface area (Å²) in [6.45, 7) is 2.68. The normalized spacial score (nSPS) is 12.7. The van der Waals surface area contributed by atoms with Gasteiger partial charge in [-0.3, -0.25) is 14.8 Å². The predicted molar refractivity (Wildman–Crippen MR) is 152 cm³/mol. The van der Waals surface area contributed by atoms with Gasteiger partial charge >= 0.3 is 5.97 Å². The zero-order valence-electron chi connectivity index (χ0n) is 21.7. The molecule has 4 heterocycles. The number of hydrogen-bond donors (Lipinski definition) is 2. The lowest BCUT2D eigenvalue weighted by atomic mass is 9.90. The van der Waals surface area contributed by atoms with Gasteiger partial charge in [0.2, 0.25) is 0 Å². The van der Waals surface area contributed by atoms with Crippen LogP contribution in [0.3, 0.4) is 0 Å². The molecule has 0 spiro atoms. The SMILES string of the molecule is Cc1c(-c2ccc(N3CCc4c(C#N)ccc(C(=O)Nc5nc6ccccc6s5)c4C3)nc2C(=O)O)cnn1C. The molecule has 6 rings (SSSR count). The van der Waals surface area contributed by atoms with Crippen LogP contribution in [0.5, 0.6) is 0 Å². The smallest absolute Gasteiger partial charge is 0.355 e. The Labute approximate surface area is 233 Å². The lowest BCUT2D eigenvalue weighted by Crippen LogP contribution is -2.33. The van der Waals surface area contributed by atoms with Gasteiger partial charge in [0.1, 0.15) is 5.82 Å². The molecule has 3 aromatic heterocycles. The van der Waals surface area contributed by atoms with Gasteiger partial charge in [-0.15, -0.1) is 0 Å². The molecular weight excluding hydrogens is 526 g/mol. The number of thiazole rings is 1. The number of carboxylic acids is 1. The molecule has 1 aliphatic heterocycles. The van der Waals surface area contributed by atoms with Crippen LogP contribution in [-0.2, 0) is 20.0 Å². The largest absolute Gasteiger partial charge is 0.476 e.